The zero-order valence-electron chi connectivity index (χ0n) is 12.4. The second-order valence-corrected chi connectivity index (χ2v) is 6.76. The van der Waals surface area contributed by atoms with Crippen LogP contribution in [0.15, 0.2) is 57.1 Å². The number of hydrogen-bond donors (Lipinski definition) is 0. The van der Waals surface area contributed by atoms with E-state index < -0.39 is 5.63 Å². The number of fused-ring (bicyclic) bond motifs is 1. The van der Waals surface area contributed by atoms with Gasteiger partial charge in [-0.1, -0.05) is 24.3 Å². The van der Waals surface area contributed by atoms with E-state index in [1.807, 2.05) is 29.6 Å². The number of carbonyl (C=O) groups excluding carboxylic acids is 1. The molecule has 4 nitrogen and oxygen atoms in total. The lowest BCUT2D eigenvalue weighted by Gasteiger charge is -2.21. The van der Waals surface area contributed by atoms with Crippen molar-refractivity contribution in [2.45, 2.75) is 25.4 Å². The molecule has 0 radical (unpaired) electrons. The van der Waals surface area contributed by atoms with Gasteiger partial charge in [0.05, 0.1) is 6.54 Å². The molecule has 1 fully saturated rings. The molecule has 0 atom stereocenters. The third-order valence-electron chi connectivity index (χ3n) is 4.03. The Morgan fingerprint density at radius 2 is 2.04 bits per heavy atom. The normalized spacial score (nSPS) is 14.1. The number of thiophene rings is 1. The third-order valence-corrected chi connectivity index (χ3v) is 4.89. The molecule has 0 aliphatic heterocycles. The highest BCUT2D eigenvalue weighted by Crippen LogP contribution is 2.30. The van der Waals surface area contributed by atoms with Crippen LogP contribution in [0.2, 0.25) is 0 Å². The van der Waals surface area contributed by atoms with Crippen molar-refractivity contribution in [2.24, 2.45) is 0 Å². The molecular weight excluding hydrogens is 310 g/mol. The summed E-state index contributed by atoms with van der Waals surface area (Å²) in [4.78, 5) is 28.0. The number of rotatable bonds is 4. The summed E-state index contributed by atoms with van der Waals surface area (Å²) in [6, 6.07) is 13.1. The summed E-state index contributed by atoms with van der Waals surface area (Å²) in [6.07, 6.45) is 1.99. The molecule has 1 aliphatic rings. The number of carbonyl (C=O) groups is 1. The Morgan fingerprint density at radius 3 is 2.78 bits per heavy atom. The molecule has 4 rings (SSSR count). The summed E-state index contributed by atoms with van der Waals surface area (Å²) in [5.41, 5.74) is 0.0583. The zero-order valence-corrected chi connectivity index (χ0v) is 13.2. The van der Waals surface area contributed by atoms with Gasteiger partial charge in [0.15, 0.2) is 0 Å². The second-order valence-electron chi connectivity index (χ2n) is 5.73. The van der Waals surface area contributed by atoms with Crippen LogP contribution in [-0.2, 0) is 6.54 Å². The smallest absolute Gasteiger partial charge is 0.349 e. The molecule has 1 aromatic carbocycles. The van der Waals surface area contributed by atoms with Gasteiger partial charge >= 0.3 is 5.63 Å². The van der Waals surface area contributed by atoms with Gasteiger partial charge in [0.25, 0.3) is 5.91 Å². The van der Waals surface area contributed by atoms with Crippen molar-refractivity contribution in [1.82, 2.24) is 4.90 Å². The Bertz CT molecular complexity index is 909. The summed E-state index contributed by atoms with van der Waals surface area (Å²) in [7, 11) is 0. The van der Waals surface area contributed by atoms with Crippen molar-refractivity contribution < 1.29 is 9.21 Å². The molecule has 0 N–H and O–H groups in total. The Labute approximate surface area is 137 Å². The highest BCUT2D eigenvalue weighted by molar-refractivity contribution is 7.09. The molecule has 0 bridgehead atoms. The van der Waals surface area contributed by atoms with Crippen LogP contribution >= 0.6 is 11.3 Å². The Hall–Kier alpha value is -2.40. The lowest BCUT2D eigenvalue weighted by atomic mass is 10.1. The van der Waals surface area contributed by atoms with E-state index in [1.165, 1.54) is 0 Å². The van der Waals surface area contributed by atoms with E-state index in [2.05, 4.69) is 0 Å². The molecule has 23 heavy (non-hydrogen) atoms. The second kappa shape index (κ2) is 5.66. The summed E-state index contributed by atoms with van der Waals surface area (Å²) < 4.78 is 5.30. The van der Waals surface area contributed by atoms with Crippen molar-refractivity contribution in [3.63, 3.8) is 0 Å². The fourth-order valence-electron chi connectivity index (χ4n) is 2.69. The van der Waals surface area contributed by atoms with Gasteiger partial charge < -0.3 is 9.32 Å². The Kier molecular flexibility index (Phi) is 3.50. The van der Waals surface area contributed by atoms with E-state index >= 15 is 0 Å². The van der Waals surface area contributed by atoms with Crippen LogP contribution in [0.3, 0.4) is 0 Å². The van der Waals surface area contributed by atoms with Crippen LogP contribution in [0.1, 0.15) is 28.1 Å². The Balaban J connectivity index is 1.71. The van der Waals surface area contributed by atoms with Gasteiger partial charge in [-0.15, -0.1) is 11.3 Å². The van der Waals surface area contributed by atoms with Gasteiger partial charge in [-0.05, 0) is 36.4 Å². The summed E-state index contributed by atoms with van der Waals surface area (Å²) in [5, 5.41) is 2.76. The molecule has 5 heteroatoms. The highest BCUT2D eigenvalue weighted by Gasteiger charge is 2.34. The van der Waals surface area contributed by atoms with E-state index in [0.717, 1.165) is 23.1 Å². The maximum atomic E-state index is 12.9. The minimum Gasteiger partial charge on any atom is -0.422 e. The fourth-order valence-corrected chi connectivity index (χ4v) is 3.39. The maximum absolute atomic E-state index is 12.9. The lowest BCUT2D eigenvalue weighted by Crippen LogP contribution is -2.35. The topological polar surface area (TPSA) is 50.5 Å². The molecule has 1 saturated carbocycles. The first-order chi connectivity index (χ1) is 11.2. The lowest BCUT2D eigenvalue weighted by molar-refractivity contribution is 0.0727. The number of hydrogen-bond acceptors (Lipinski definition) is 4. The van der Waals surface area contributed by atoms with E-state index in [0.29, 0.717) is 12.1 Å². The highest BCUT2D eigenvalue weighted by atomic mass is 32.1. The molecule has 0 spiro atoms. The average molecular weight is 325 g/mol. The minimum absolute atomic E-state index is 0.118. The van der Waals surface area contributed by atoms with Crippen molar-refractivity contribution in [3.8, 4) is 0 Å². The van der Waals surface area contributed by atoms with Gasteiger partial charge in [0.2, 0.25) is 0 Å². The molecule has 1 aliphatic carbocycles. The molecule has 1 amide bonds. The average Bonchev–Trinajstić information content (AvgIpc) is 3.27. The van der Waals surface area contributed by atoms with E-state index in [9.17, 15) is 9.59 Å². The van der Waals surface area contributed by atoms with Crippen molar-refractivity contribution in [1.29, 1.82) is 0 Å². The minimum atomic E-state index is -0.564. The third kappa shape index (κ3) is 2.80. The molecule has 116 valence electrons. The van der Waals surface area contributed by atoms with E-state index in [4.69, 9.17) is 4.42 Å². The zero-order chi connectivity index (χ0) is 15.8. The molecule has 2 aromatic heterocycles. The molecule has 0 saturated heterocycles. The number of nitrogens with zero attached hydrogens (tertiary/aromatic N) is 1. The van der Waals surface area contributed by atoms with E-state index in [1.54, 1.807) is 34.4 Å². The molecular formula is C18H15NO3S. The maximum Gasteiger partial charge on any atom is 0.349 e. The van der Waals surface area contributed by atoms with Crippen molar-refractivity contribution in [3.05, 3.63) is 68.7 Å². The van der Waals surface area contributed by atoms with Crippen LogP contribution in [0.5, 0.6) is 0 Å². The quantitative estimate of drug-likeness (QED) is 0.688. The largest absolute Gasteiger partial charge is 0.422 e. The van der Waals surface area contributed by atoms with Crippen LogP contribution in [0, 0.1) is 0 Å². The first kappa shape index (κ1) is 14.2. The first-order valence-electron chi connectivity index (χ1n) is 7.58. The number of amides is 1. The predicted molar refractivity (Wildman–Crippen MR) is 89.7 cm³/mol. The van der Waals surface area contributed by atoms with Gasteiger partial charge in [-0.3, -0.25) is 4.79 Å². The number of benzene rings is 1. The van der Waals surface area contributed by atoms with Gasteiger partial charge in [-0.25, -0.2) is 4.79 Å². The summed E-state index contributed by atoms with van der Waals surface area (Å²) >= 11 is 1.62. The summed E-state index contributed by atoms with van der Waals surface area (Å²) in [5.74, 6) is -0.236. The molecule has 3 aromatic rings. The van der Waals surface area contributed by atoms with Gasteiger partial charge in [0.1, 0.15) is 11.1 Å². The van der Waals surface area contributed by atoms with Gasteiger partial charge in [0, 0.05) is 16.3 Å². The first-order valence-corrected chi connectivity index (χ1v) is 8.46. The standard InChI is InChI=1S/C18H15NO3S/c20-17(19(13-7-8-13)11-14-5-3-9-23-14)15-10-12-4-1-2-6-16(12)22-18(15)21/h1-6,9-10,13H,7-8,11H2. The van der Waals surface area contributed by atoms with Gasteiger partial charge in [-0.2, -0.15) is 0 Å². The van der Waals surface area contributed by atoms with E-state index in [-0.39, 0.29) is 17.5 Å². The Morgan fingerprint density at radius 1 is 1.22 bits per heavy atom. The predicted octanol–water partition coefficient (Wildman–Crippen LogP) is 3.66. The monoisotopic (exact) mass is 325 g/mol. The van der Waals surface area contributed by atoms with Crippen LogP contribution in [0.4, 0.5) is 0 Å². The van der Waals surface area contributed by atoms with Crippen molar-refractivity contribution in [2.75, 3.05) is 0 Å². The fraction of sp³-hybridized carbons (Fsp3) is 0.222. The molecule has 0 unspecified atom stereocenters. The summed E-state index contributed by atoms with van der Waals surface area (Å²) in [6.45, 7) is 0.549. The number of para-hydroxylation sites is 1. The molecule has 2 heterocycles. The SMILES string of the molecule is O=C(c1cc2ccccc2oc1=O)N(Cc1cccs1)C1CC1. The van der Waals surface area contributed by atoms with Crippen LogP contribution in [-0.4, -0.2) is 16.8 Å². The van der Waals surface area contributed by atoms with Crippen LogP contribution < -0.4 is 5.63 Å². The van der Waals surface area contributed by atoms with Crippen molar-refractivity contribution >= 4 is 28.2 Å². The van der Waals surface area contributed by atoms with Crippen LogP contribution in [0.25, 0.3) is 11.0 Å².